The molecule has 0 radical (unpaired) electrons. The predicted molar refractivity (Wildman–Crippen MR) is 69.2 cm³/mol. The highest BCUT2D eigenvalue weighted by atomic mass is 32.1. The van der Waals surface area contributed by atoms with Gasteiger partial charge in [-0.15, -0.1) is 6.42 Å². The molecule has 1 nitrogen and oxygen atoms in total. The molecule has 1 aromatic carbocycles. The Hall–Kier alpha value is -1.93. The highest BCUT2D eigenvalue weighted by Gasteiger charge is 2.28. The van der Waals surface area contributed by atoms with Crippen molar-refractivity contribution in [3.8, 4) is 29.2 Å². The molecule has 0 spiro atoms. The van der Waals surface area contributed by atoms with E-state index in [-0.39, 0.29) is 5.75 Å². The maximum Gasteiger partial charge on any atom is 0.422 e. The Bertz CT molecular complexity index is 594. The molecule has 1 aromatic heterocycles. The molecule has 2 rings (SSSR count). The average Bonchev–Trinajstić information content (AvgIpc) is 2.89. The van der Waals surface area contributed by atoms with Gasteiger partial charge in [0.25, 0.3) is 0 Å². The van der Waals surface area contributed by atoms with Gasteiger partial charge in [0.2, 0.25) is 0 Å². The first-order chi connectivity index (χ1) is 8.99. The molecular formula is C14H9F3OS. The van der Waals surface area contributed by atoms with Crippen molar-refractivity contribution in [1.29, 1.82) is 0 Å². The molecule has 0 fully saturated rings. The Morgan fingerprint density at radius 2 is 2.00 bits per heavy atom. The van der Waals surface area contributed by atoms with E-state index < -0.39 is 12.8 Å². The molecule has 0 bridgehead atoms. The quantitative estimate of drug-likeness (QED) is 0.761. The SMILES string of the molecule is C#Cc1cc(-c2ccsc2)ccc1OCC(F)(F)F. The maximum absolute atomic E-state index is 12.1. The van der Waals surface area contributed by atoms with Gasteiger partial charge >= 0.3 is 6.18 Å². The number of ether oxygens (including phenoxy) is 1. The standard InChI is InChI=1S/C14H9F3OS/c1-2-10-7-11(12-5-6-19-8-12)3-4-13(10)18-9-14(15,16)17/h1,3-8H,9H2. The normalized spacial score (nSPS) is 11.1. The van der Waals surface area contributed by atoms with Gasteiger partial charge in [-0.1, -0.05) is 12.0 Å². The summed E-state index contributed by atoms with van der Waals surface area (Å²) in [6.07, 6.45) is 0.927. The van der Waals surface area contributed by atoms with Crippen LogP contribution >= 0.6 is 11.3 Å². The smallest absolute Gasteiger partial charge is 0.422 e. The molecule has 2 aromatic rings. The van der Waals surface area contributed by atoms with Crippen LogP contribution in [0.4, 0.5) is 13.2 Å². The van der Waals surface area contributed by atoms with Gasteiger partial charge in [0.15, 0.2) is 6.61 Å². The highest BCUT2D eigenvalue weighted by Crippen LogP contribution is 2.28. The van der Waals surface area contributed by atoms with Crippen molar-refractivity contribution < 1.29 is 17.9 Å². The molecule has 19 heavy (non-hydrogen) atoms. The van der Waals surface area contributed by atoms with Gasteiger partial charge in [0, 0.05) is 0 Å². The molecule has 0 unspecified atom stereocenters. The van der Waals surface area contributed by atoms with Crippen LogP contribution in [0.1, 0.15) is 5.56 Å². The summed E-state index contributed by atoms with van der Waals surface area (Å²) in [5, 5.41) is 3.85. The largest absolute Gasteiger partial charge is 0.483 e. The van der Waals surface area contributed by atoms with E-state index in [9.17, 15) is 13.2 Å². The number of benzene rings is 1. The van der Waals surface area contributed by atoms with Crippen LogP contribution < -0.4 is 4.74 Å². The van der Waals surface area contributed by atoms with E-state index in [0.717, 1.165) is 11.1 Å². The van der Waals surface area contributed by atoms with Crippen LogP contribution in [-0.4, -0.2) is 12.8 Å². The number of thiophene rings is 1. The molecule has 0 amide bonds. The second-order valence-electron chi connectivity index (χ2n) is 3.77. The molecule has 98 valence electrons. The third-order valence-corrected chi connectivity index (χ3v) is 3.06. The molecular weight excluding hydrogens is 273 g/mol. The van der Waals surface area contributed by atoms with Crippen LogP contribution in [0.3, 0.4) is 0 Å². The summed E-state index contributed by atoms with van der Waals surface area (Å²) in [4.78, 5) is 0. The molecule has 0 saturated carbocycles. The highest BCUT2D eigenvalue weighted by molar-refractivity contribution is 7.08. The predicted octanol–water partition coefficient (Wildman–Crippen LogP) is 4.34. The van der Waals surface area contributed by atoms with Crippen molar-refractivity contribution in [2.24, 2.45) is 0 Å². The minimum atomic E-state index is -4.38. The molecule has 5 heteroatoms. The van der Waals surface area contributed by atoms with Crippen molar-refractivity contribution in [1.82, 2.24) is 0 Å². The molecule has 0 aliphatic carbocycles. The Kier molecular flexibility index (Phi) is 3.82. The fraction of sp³-hybridized carbons (Fsp3) is 0.143. The summed E-state index contributed by atoms with van der Waals surface area (Å²) in [7, 11) is 0. The van der Waals surface area contributed by atoms with Gasteiger partial charge in [-0.2, -0.15) is 24.5 Å². The lowest BCUT2D eigenvalue weighted by atomic mass is 10.1. The van der Waals surface area contributed by atoms with Crippen LogP contribution in [0.15, 0.2) is 35.0 Å². The van der Waals surface area contributed by atoms with E-state index in [2.05, 4.69) is 5.92 Å². The summed E-state index contributed by atoms with van der Waals surface area (Å²) in [6.45, 7) is -1.35. The lowest BCUT2D eigenvalue weighted by Crippen LogP contribution is -2.19. The topological polar surface area (TPSA) is 9.23 Å². The third-order valence-electron chi connectivity index (χ3n) is 2.38. The van der Waals surface area contributed by atoms with Crippen molar-refractivity contribution >= 4 is 11.3 Å². The van der Waals surface area contributed by atoms with Gasteiger partial charge in [0.1, 0.15) is 5.75 Å². The number of alkyl halides is 3. The Balaban J connectivity index is 2.25. The van der Waals surface area contributed by atoms with E-state index in [1.165, 1.54) is 17.4 Å². The second kappa shape index (κ2) is 5.37. The first kappa shape index (κ1) is 13.5. The Morgan fingerprint density at radius 1 is 1.21 bits per heavy atom. The van der Waals surface area contributed by atoms with E-state index in [4.69, 9.17) is 11.2 Å². The summed E-state index contributed by atoms with van der Waals surface area (Å²) in [5.74, 6) is 2.41. The van der Waals surface area contributed by atoms with Crippen molar-refractivity contribution in [3.63, 3.8) is 0 Å². The van der Waals surface area contributed by atoms with Crippen LogP contribution in [0.25, 0.3) is 11.1 Å². The molecule has 0 atom stereocenters. The van der Waals surface area contributed by atoms with E-state index in [1.807, 2.05) is 16.8 Å². The molecule has 1 heterocycles. The van der Waals surface area contributed by atoms with Gasteiger partial charge in [-0.25, -0.2) is 0 Å². The summed E-state index contributed by atoms with van der Waals surface area (Å²) in [5.41, 5.74) is 2.14. The van der Waals surface area contributed by atoms with Crippen LogP contribution in [0, 0.1) is 12.3 Å². The van der Waals surface area contributed by atoms with Gasteiger partial charge in [-0.05, 0) is 40.1 Å². The Labute approximate surface area is 112 Å². The number of hydrogen-bond donors (Lipinski definition) is 0. The van der Waals surface area contributed by atoms with Gasteiger partial charge < -0.3 is 4.74 Å². The zero-order valence-corrected chi connectivity index (χ0v) is 10.5. The van der Waals surface area contributed by atoms with Crippen molar-refractivity contribution in [2.45, 2.75) is 6.18 Å². The van der Waals surface area contributed by atoms with Crippen LogP contribution in [-0.2, 0) is 0 Å². The summed E-state index contributed by atoms with van der Waals surface area (Å²) >= 11 is 1.53. The molecule has 0 N–H and O–H groups in total. The zero-order valence-electron chi connectivity index (χ0n) is 9.70. The number of hydrogen-bond acceptors (Lipinski definition) is 2. The van der Waals surface area contributed by atoms with Gasteiger partial charge in [-0.3, -0.25) is 0 Å². The first-order valence-electron chi connectivity index (χ1n) is 5.32. The second-order valence-corrected chi connectivity index (χ2v) is 4.55. The van der Waals surface area contributed by atoms with Crippen molar-refractivity contribution in [2.75, 3.05) is 6.61 Å². The minimum Gasteiger partial charge on any atom is -0.483 e. The monoisotopic (exact) mass is 282 g/mol. The van der Waals surface area contributed by atoms with Gasteiger partial charge in [0.05, 0.1) is 5.56 Å². The number of rotatable bonds is 3. The molecule has 0 aliphatic rings. The van der Waals surface area contributed by atoms with E-state index >= 15 is 0 Å². The minimum absolute atomic E-state index is 0.0683. The number of halogens is 3. The van der Waals surface area contributed by atoms with Crippen molar-refractivity contribution in [3.05, 3.63) is 40.6 Å². The fourth-order valence-electron chi connectivity index (χ4n) is 1.54. The van der Waals surface area contributed by atoms with Crippen LogP contribution in [0.5, 0.6) is 5.75 Å². The maximum atomic E-state index is 12.1. The first-order valence-corrected chi connectivity index (χ1v) is 6.26. The Morgan fingerprint density at radius 3 is 2.58 bits per heavy atom. The lowest BCUT2D eigenvalue weighted by Gasteiger charge is -2.11. The van der Waals surface area contributed by atoms with E-state index in [1.54, 1.807) is 12.1 Å². The lowest BCUT2D eigenvalue weighted by molar-refractivity contribution is -0.153. The zero-order chi connectivity index (χ0) is 13.9. The fourth-order valence-corrected chi connectivity index (χ4v) is 2.20. The third kappa shape index (κ3) is 3.52. The summed E-state index contributed by atoms with van der Waals surface area (Å²) < 4.78 is 41.0. The molecule has 0 saturated heterocycles. The van der Waals surface area contributed by atoms with E-state index in [0.29, 0.717) is 5.56 Å². The summed E-state index contributed by atoms with van der Waals surface area (Å²) in [6, 6.07) is 6.72. The van der Waals surface area contributed by atoms with Crippen LogP contribution in [0.2, 0.25) is 0 Å². The molecule has 0 aliphatic heterocycles. The number of terminal acetylenes is 1. The average molecular weight is 282 g/mol.